The number of thiocarbonyl (C=S) groups is 1. The molecule has 0 spiro atoms. The minimum absolute atomic E-state index is 0.0347. The van der Waals surface area contributed by atoms with Crippen LogP contribution >= 0.6 is 24.0 Å². The molecule has 1 fully saturated rings. The minimum atomic E-state index is -0.473. The fourth-order valence-electron chi connectivity index (χ4n) is 5.28. The van der Waals surface area contributed by atoms with Gasteiger partial charge < -0.3 is 14.8 Å². The van der Waals surface area contributed by atoms with Crippen LogP contribution in [0, 0.1) is 25.2 Å². The molecule has 1 N–H and O–H groups in total. The van der Waals surface area contributed by atoms with E-state index in [-0.39, 0.29) is 32.8 Å². The third-order valence-electron chi connectivity index (χ3n) is 7.71. The largest absolute Gasteiger partial charge is 0.454 e. The quantitative estimate of drug-likeness (QED) is 0.249. The van der Waals surface area contributed by atoms with E-state index in [1.165, 1.54) is 14.1 Å². The SMILES string of the molecule is Cc1c(/C=C2/SC(=S)N(c3c(C)n(C)n(-c4ccccc4)c3=O)C2=O)c(NCc2ccc3c(c2)OCO3)n(C)c(=O)c1C#N. The van der Waals surface area contributed by atoms with Gasteiger partial charge in [-0.2, -0.15) is 5.26 Å². The average molecular weight is 627 g/mol. The van der Waals surface area contributed by atoms with Crippen LogP contribution in [0.15, 0.2) is 63.0 Å². The van der Waals surface area contributed by atoms with Crippen molar-refractivity contribution >= 4 is 51.8 Å². The summed E-state index contributed by atoms with van der Waals surface area (Å²) < 4.78 is 15.6. The topological polar surface area (TPSA) is 124 Å². The molecular formula is C31H26N6O5S2. The number of anilines is 2. The summed E-state index contributed by atoms with van der Waals surface area (Å²) in [6.07, 6.45) is 1.62. The van der Waals surface area contributed by atoms with E-state index in [9.17, 15) is 19.6 Å². The van der Waals surface area contributed by atoms with Crippen molar-refractivity contribution in [2.24, 2.45) is 14.1 Å². The van der Waals surface area contributed by atoms with Crippen LogP contribution < -0.4 is 30.8 Å². The second-order valence-corrected chi connectivity index (χ2v) is 11.9. The second-order valence-electron chi connectivity index (χ2n) is 10.2. The number of amides is 1. The molecule has 0 unspecified atom stereocenters. The number of carbonyl (C=O) groups is 1. The summed E-state index contributed by atoms with van der Waals surface area (Å²) in [7, 11) is 3.31. The van der Waals surface area contributed by atoms with E-state index in [2.05, 4.69) is 5.32 Å². The second kappa shape index (κ2) is 11.2. The molecule has 2 aliphatic heterocycles. The van der Waals surface area contributed by atoms with Gasteiger partial charge in [-0.3, -0.25) is 28.5 Å². The van der Waals surface area contributed by atoms with Gasteiger partial charge >= 0.3 is 0 Å². The molecule has 4 heterocycles. The summed E-state index contributed by atoms with van der Waals surface area (Å²) in [5.41, 5.74) is 2.26. The van der Waals surface area contributed by atoms with Gasteiger partial charge in [0.05, 0.1) is 16.3 Å². The van der Waals surface area contributed by atoms with Gasteiger partial charge in [0, 0.05) is 26.2 Å². The Morgan fingerprint density at radius 3 is 2.50 bits per heavy atom. The number of para-hydroxylation sites is 1. The number of ether oxygens (including phenoxy) is 2. The molecule has 0 bridgehead atoms. The molecule has 13 heteroatoms. The molecule has 1 amide bonds. The first-order chi connectivity index (χ1) is 21.1. The van der Waals surface area contributed by atoms with Crippen molar-refractivity contribution in [3.8, 4) is 23.3 Å². The Morgan fingerprint density at radius 2 is 1.77 bits per heavy atom. The molecule has 0 atom stereocenters. The number of thioether (sulfide) groups is 1. The van der Waals surface area contributed by atoms with E-state index in [4.69, 9.17) is 21.7 Å². The van der Waals surface area contributed by atoms with Gasteiger partial charge in [0.15, 0.2) is 15.8 Å². The van der Waals surface area contributed by atoms with Gasteiger partial charge in [-0.15, -0.1) is 0 Å². The summed E-state index contributed by atoms with van der Waals surface area (Å²) in [5.74, 6) is 1.22. The van der Waals surface area contributed by atoms with Crippen LogP contribution in [0.4, 0.5) is 11.5 Å². The fourth-order valence-corrected chi connectivity index (χ4v) is 6.54. The summed E-state index contributed by atoms with van der Waals surface area (Å²) >= 11 is 6.67. The van der Waals surface area contributed by atoms with Crippen molar-refractivity contribution < 1.29 is 14.3 Å². The molecular weight excluding hydrogens is 601 g/mol. The predicted molar refractivity (Wildman–Crippen MR) is 172 cm³/mol. The van der Waals surface area contributed by atoms with Gasteiger partial charge in [-0.05, 0) is 55.3 Å². The number of nitrogens with zero attached hydrogens (tertiary/aromatic N) is 5. The Labute approximate surface area is 261 Å². The molecule has 4 aromatic rings. The number of hydrogen-bond donors (Lipinski definition) is 1. The number of nitrogens with one attached hydrogen (secondary N) is 1. The van der Waals surface area contributed by atoms with Gasteiger partial charge in [0.1, 0.15) is 23.1 Å². The molecule has 44 heavy (non-hydrogen) atoms. The Kier molecular flexibility index (Phi) is 7.40. The molecule has 1 saturated heterocycles. The van der Waals surface area contributed by atoms with E-state index >= 15 is 0 Å². The van der Waals surface area contributed by atoms with Gasteiger partial charge in [-0.25, -0.2) is 4.68 Å². The van der Waals surface area contributed by atoms with Crippen LogP contribution in [0.3, 0.4) is 0 Å². The number of rotatable bonds is 6. The molecule has 6 rings (SSSR count). The number of fused-ring (bicyclic) bond motifs is 1. The van der Waals surface area contributed by atoms with Crippen LogP contribution in [0.25, 0.3) is 11.8 Å². The van der Waals surface area contributed by atoms with Crippen LogP contribution in [-0.4, -0.2) is 31.0 Å². The zero-order valence-electron chi connectivity index (χ0n) is 24.2. The molecule has 222 valence electrons. The monoisotopic (exact) mass is 626 g/mol. The fraction of sp³-hybridized carbons (Fsp3) is 0.194. The molecule has 2 aliphatic rings. The van der Waals surface area contributed by atoms with Gasteiger partial charge in [0.25, 0.3) is 17.0 Å². The molecule has 0 saturated carbocycles. The number of hydrogen-bond acceptors (Lipinski definition) is 9. The predicted octanol–water partition coefficient (Wildman–Crippen LogP) is 4.11. The lowest BCUT2D eigenvalue weighted by Gasteiger charge is -2.18. The summed E-state index contributed by atoms with van der Waals surface area (Å²) in [6, 6.07) is 16.7. The first-order valence-electron chi connectivity index (χ1n) is 13.5. The molecule has 2 aromatic carbocycles. The van der Waals surface area contributed by atoms with Crippen LogP contribution in [-0.2, 0) is 25.4 Å². The Morgan fingerprint density at radius 1 is 1.05 bits per heavy atom. The smallest absolute Gasteiger partial charge is 0.296 e. The van der Waals surface area contributed by atoms with Crippen molar-refractivity contribution in [1.82, 2.24) is 13.9 Å². The van der Waals surface area contributed by atoms with E-state index in [1.807, 2.05) is 54.6 Å². The number of benzene rings is 2. The van der Waals surface area contributed by atoms with Crippen molar-refractivity contribution in [1.29, 1.82) is 5.26 Å². The van der Waals surface area contributed by atoms with Crippen molar-refractivity contribution in [3.63, 3.8) is 0 Å². The van der Waals surface area contributed by atoms with Gasteiger partial charge in [0.2, 0.25) is 6.79 Å². The first kappa shape index (κ1) is 29.0. The highest BCUT2D eigenvalue weighted by Gasteiger charge is 2.38. The van der Waals surface area contributed by atoms with E-state index in [1.54, 1.807) is 38.7 Å². The van der Waals surface area contributed by atoms with E-state index < -0.39 is 11.5 Å². The van der Waals surface area contributed by atoms with Gasteiger partial charge in [-0.1, -0.05) is 48.2 Å². The average Bonchev–Trinajstić information content (AvgIpc) is 3.65. The third-order valence-corrected chi connectivity index (χ3v) is 9.02. The first-order valence-corrected chi connectivity index (χ1v) is 14.7. The lowest BCUT2D eigenvalue weighted by Crippen LogP contribution is -2.33. The molecule has 0 aliphatic carbocycles. The highest BCUT2D eigenvalue weighted by atomic mass is 32.2. The van der Waals surface area contributed by atoms with E-state index in [0.29, 0.717) is 46.4 Å². The highest BCUT2D eigenvalue weighted by molar-refractivity contribution is 8.27. The number of nitriles is 1. The van der Waals surface area contributed by atoms with Crippen LogP contribution in [0.2, 0.25) is 0 Å². The normalized spacial score (nSPS) is 14.9. The lowest BCUT2D eigenvalue weighted by molar-refractivity contribution is -0.113. The maximum atomic E-state index is 13.9. The number of pyridine rings is 1. The summed E-state index contributed by atoms with van der Waals surface area (Å²) in [5, 5.41) is 13.1. The Bertz CT molecular complexity index is 2070. The highest BCUT2D eigenvalue weighted by Crippen LogP contribution is 2.38. The van der Waals surface area contributed by atoms with Crippen LogP contribution in [0.5, 0.6) is 11.5 Å². The minimum Gasteiger partial charge on any atom is -0.454 e. The summed E-state index contributed by atoms with van der Waals surface area (Å²) in [4.78, 5) is 42.2. The molecule has 0 radical (unpaired) electrons. The van der Waals surface area contributed by atoms with Crippen molar-refractivity contribution in [2.75, 3.05) is 17.0 Å². The maximum Gasteiger partial charge on any atom is 0.296 e. The van der Waals surface area contributed by atoms with Crippen LogP contribution in [0.1, 0.15) is 27.9 Å². The Balaban J connectivity index is 1.40. The maximum absolute atomic E-state index is 13.9. The van der Waals surface area contributed by atoms with Crippen molar-refractivity contribution in [2.45, 2.75) is 20.4 Å². The lowest BCUT2D eigenvalue weighted by atomic mass is 10.0. The molecule has 2 aromatic heterocycles. The third kappa shape index (κ3) is 4.68. The Hall–Kier alpha value is -5.06. The number of aromatic nitrogens is 3. The molecule has 11 nitrogen and oxygen atoms in total. The zero-order chi connectivity index (χ0) is 31.3. The standard InChI is InChI=1S/C31H26N6O5S2/c1-17-21(27(34(3)28(38)22(17)14-32)33-15-19-10-11-23-24(12-19)42-16-41-23)13-25-29(39)36(31(43)44-25)26-18(2)35(4)37(30(26)40)20-8-6-5-7-9-20/h5-13,33H,15-16H2,1-4H3/b25-13+. The zero-order valence-corrected chi connectivity index (χ0v) is 25.8. The van der Waals surface area contributed by atoms with E-state index in [0.717, 1.165) is 17.3 Å². The van der Waals surface area contributed by atoms with Crippen molar-refractivity contribution in [3.05, 3.63) is 102 Å². The number of carbonyl (C=O) groups excluding carboxylic acids is 1. The summed E-state index contributed by atoms with van der Waals surface area (Å²) in [6.45, 7) is 3.89.